The summed E-state index contributed by atoms with van der Waals surface area (Å²) in [6.07, 6.45) is 2.37. The molecular weight excluding hydrogens is 311 g/mol. The predicted molar refractivity (Wildman–Crippen MR) is 81.4 cm³/mol. The van der Waals surface area contributed by atoms with Crippen LogP contribution in [0.25, 0.3) is 0 Å². The van der Waals surface area contributed by atoms with Gasteiger partial charge >= 0.3 is 6.18 Å². The maximum Gasteiger partial charge on any atom is 0.401 e. The van der Waals surface area contributed by atoms with E-state index in [1.54, 1.807) is 0 Å². The van der Waals surface area contributed by atoms with Crippen molar-refractivity contribution in [1.29, 1.82) is 0 Å². The van der Waals surface area contributed by atoms with Crippen molar-refractivity contribution >= 4 is 11.3 Å². The van der Waals surface area contributed by atoms with Gasteiger partial charge in [0.25, 0.3) is 0 Å². The quantitative estimate of drug-likeness (QED) is 0.898. The monoisotopic (exact) mass is 333 g/mol. The van der Waals surface area contributed by atoms with Crippen LogP contribution in [-0.4, -0.2) is 48.3 Å². The fraction of sp³-hybridized carbons (Fsp3) is 0.800. The van der Waals surface area contributed by atoms with Crippen molar-refractivity contribution in [2.75, 3.05) is 26.2 Å². The molecular formula is C15H22F3N3S. The lowest BCUT2D eigenvalue weighted by Crippen LogP contribution is -2.37. The van der Waals surface area contributed by atoms with Crippen LogP contribution >= 0.6 is 11.3 Å². The van der Waals surface area contributed by atoms with Crippen molar-refractivity contribution in [3.63, 3.8) is 0 Å². The molecule has 124 valence electrons. The first-order valence-electron chi connectivity index (χ1n) is 7.99. The molecule has 3 rings (SSSR count). The van der Waals surface area contributed by atoms with Crippen LogP contribution in [0.1, 0.15) is 34.8 Å². The van der Waals surface area contributed by atoms with Crippen molar-refractivity contribution in [1.82, 2.24) is 15.2 Å². The predicted octanol–water partition coefficient (Wildman–Crippen LogP) is 2.79. The number of rotatable bonds is 5. The third-order valence-corrected chi connectivity index (χ3v) is 5.55. The van der Waals surface area contributed by atoms with E-state index < -0.39 is 12.7 Å². The van der Waals surface area contributed by atoms with Gasteiger partial charge in [0.15, 0.2) is 0 Å². The maximum atomic E-state index is 12.4. The van der Waals surface area contributed by atoms with Gasteiger partial charge in [-0.05, 0) is 32.1 Å². The third-order valence-electron chi connectivity index (χ3n) is 4.34. The van der Waals surface area contributed by atoms with E-state index in [2.05, 4.69) is 5.32 Å². The Labute approximate surface area is 132 Å². The molecule has 1 N–H and O–H groups in total. The van der Waals surface area contributed by atoms with Gasteiger partial charge in [-0.15, -0.1) is 11.3 Å². The summed E-state index contributed by atoms with van der Waals surface area (Å²) in [5, 5.41) is 4.55. The van der Waals surface area contributed by atoms with E-state index in [1.165, 1.54) is 33.3 Å². The van der Waals surface area contributed by atoms with E-state index >= 15 is 0 Å². The van der Waals surface area contributed by atoms with E-state index in [9.17, 15) is 13.2 Å². The van der Waals surface area contributed by atoms with E-state index in [1.807, 2.05) is 11.3 Å². The Balaban J connectivity index is 1.39. The molecule has 0 radical (unpaired) electrons. The molecule has 1 saturated heterocycles. The summed E-state index contributed by atoms with van der Waals surface area (Å²) in [5.74, 6) is 0. The van der Waals surface area contributed by atoms with Crippen LogP contribution in [0, 0.1) is 0 Å². The molecule has 22 heavy (non-hydrogen) atoms. The molecule has 2 heterocycles. The zero-order chi connectivity index (χ0) is 15.6. The zero-order valence-electron chi connectivity index (χ0n) is 12.6. The Morgan fingerprint density at radius 2 is 2.09 bits per heavy atom. The first kappa shape index (κ1) is 16.2. The molecule has 0 bridgehead atoms. The first-order chi connectivity index (χ1) is 10.5. The van der Waals surface area contributed by atoms with E-state index in [4.69, 9.17) is 4.98 Å². The van der Waals surface area contributed by atoms with Gasteiger partial charge in [0.1, 0.15) is 0 Å². The molecule has 1 aliphatic heterocycles. The SMILES string of the molecule is FC(F)(F)CN1CCC(NCCc2nc3c(s2)CCCC3)C1. The number of alkyl halides is 3. The zero-order valence-corrected chi connectivity index (χ0v) is 13.4. The molecule has 0 aromatic carbocycles. The number of hydrogen-bond acceptors (Lipinski definition) is 4. The third kappa shape index (κ3) is 4.43. The molecule has 0 saturated carbocycles. The van der Waals surface area contributed by atoms with Crippen LogP contribution in [0.15, 0.2) is 0 Å². The number of nitrogens with zero attached hydrogens (tertiary/aromatic N) is 2. The minimum absolute atomic E-state index is 0.178. The number of thiazole rings is 1. The standard InChI is InChI=1S/C15H22F3N3S/c16-15(17,18)10-21-8-6-11(9-21)19-7-5-14-20-12-3-1-2-4-13(12)22-14/h11,19H,1-10H2. The summed E-state index contributed by atoms with van der Waals surface area (Å²) in [7, 11) is 0. The highest BCUT2D eigenvalue weighted by molar-refractivity contribution is 7.11. The molecule has 1 aromatic rings. The van der Waals surface area contributed by atoms with Crippen LogP contribution < -0.4 is 5.32 Å². The van der Waals surface area contributed by atoms with E-state index in [0.29, 0.717) is 13.1 Å². The molecule has 1 aliphatic carbocycles. The van der Waals surface area contributed by atoms with Crippen LogP contribution in [0.3, 0.4) is 0 Å². The number of aryl methyl sites for hydroxylation is 2. The largest absolute Gasteiger partial charge is 0.401 e. The molecule has 1 atom stereocenters. The second-order valence-electron chi connectivity index (χ2n) is 6.22. The lowest BCUT2D eigenvalue weighted by Gasteiger charge is -2.18. The minimum atomic E-state index is -4.09. The Morgan fingerprint density at radius 1 is 1.27 bits per heavy atom. The summed E-state index contributed by atoms with van der Waals surface area (Å²) < 4.78 is 37.1. The lowest BCUT2D eigenvalue weighted by atomic mass is 10.0. The highest BCUT2D eigenvalue weighted by Crippen LogP contribution is 2.26. The van der Waals surface area contributed by atoms with Gasteiger partial charge in [0.05, 0.1) is 17.2 Å². The smallest absolute Gasteiger partial charge is 0.312 e. The molecule has 0 amide bonds. The van der Waals surface area contributed by atoms with Gasteiger partial charge < -0.3 is 5.32 Å². The average Bonchev–Trinajstić information content (AvgIpc) is 3.03. The van der Waals surface area contributed by atoms with Gasteiger partial charge in [-0.1, -0.05) is 0 Å². The topological polar surface area (TPSA) is 28.2 Å². The molecule has 1 unspecified atom stereocenters. The Morgan fingerprint density at radius 3 is 2.86 bits per heavy atom. The van der Waals surface area contributed by atoms with Crippen LogP contribution in [-0.2, 0) is 19.3 Å². The number of halogens is 3. The number of likely N-dealkylation sites (tertiary alicyclic amines) is 1. The van der Waals surface area contributed by atoms with Crippen molar-refractivity contribution < 1.29 is 13.2 Å². The second kappa shape index (κ2) is 6.84. The lowest BCUT2D eigenvalue weighted by molar-refractivity contribution is -0.143. The van der Waals surface area contributed by atoms with Gasteiger partial charge in [-0.25, -0.2) is 4.98 Å². The summed E-state index contributed by atoms with van der Waals surface area (Å²) in [6.45, 7) is 1.04. The van der Waals surface area contributed by atoms with Crippen LogP contribution in [0.4, 0.5) is 13.2 Å². The highest BCUT2D eigenvalue weighted by atomic mass is 32.1. The Kier molecular flexibility index (Phi) is 5.04. The van der Waals surface area contributed by atoms with E-state index in [0.717, 1.165) is 32.2 Å². The fourth-order valence-electron chi connectivity index (χ4n) is 3.29. The van der Waals surface area contributed by atoms with Crippen molar-refractivity contribution in [2.24, 2.45) is 0 Å². The van der Waals surface area contributed by atoms with Gasteiger partial charge in [-0.3, -0.25) is 4.90 Å². The number of aromatic nitrogens is 1. The summed E-state index contributed by atoms with van der Waals surface area (Å²) in [6, 6.07) is 0.178. The summed E-state index contributed by atoms with van der Waals surface area (Å²) >= 11 is 1.82. The van der Waals surface area contributed by atoms with E-state index in [-0.39, 0.29) is 6.04 Å². The molecule has 0 spiro atoms. The number of nitrogens with one attached hydrogen (secondary N) is 1. The minimum Gasteiger partial charge on any atom is -0.312 e. The summed E-state index contributed by atoms with van der Waals surface area (Å²) in [4.78, 5) is 7.63. The van der Waals surface area contributed by atoms with Gasteiger partial charge in [-0.2, -0.15) is 13.2 Å². The normalized spacial score (nSPS) is 23.0. The number of hydrogen-bond donors (Lipinski definition) is 1. The summed E-state index contributed by atoms with van der Waals surface area (Å²) in [5.41, 5.74) is 1.28. The molecule has 2 aliphatic rings. The molecule has 1 aromatic heterocycles. The van der Waals surface area contributed by atoms with Crippen LogP contribution in [0.5, 0.6) is 0 Å². The second-order valence-corrected chi connectivity index (χ2v) is 7.39. The van der Waals surface area contributed by atoms with Gasteiger partial charge in [0.2, 0.25) is 0 Å². The van der Waals surface area contributed by atoms with Crippen molar-refractivity contribution in [3.05, 3.63) is 15.6 Å². The highest BCUT2D eigenvalue weighted by Gasteiger charge is 2.34. The first-order valence-corrected chi connectivity index (χ1v) is 8.81. The molecule has 3 nitrogen and oxygen atoms in total. The fourth-order valence-corrected chi connectivity index (χ4v) is 4.45. The number of fused-ring (bicyclic) bond motifs is 1. The Hall–Kier alpha value is -0.660. The van der Waals surface area contributed by atoms with Gasteiger partial charge in [0, 0.05) is 37.0 Å². The molecule has 7 heteroatoms. The average molecular weight is 333 g/mol. The van der Waals surface area contributed by atoms with Crippen molar-refractivity contribution in [2.45, 2.75) is 50.7 Å². The van der Waals surface area contributed by atoms with Crippen molar-refractivity contribution in [3.8, 4) is 0 Å². The van der Waals surface area contributed by atoms with Crippen LogP contribution in [0.2, 0.25) is 0 Å². The Bertz CT molecular complexity index is 477. The molecule has 1 fully saturated rings. The maximum absolute atomic E-state index is 12.4.